The minimum absolute atomic E-state index is 0.0471. The molecule has 6 nitrogen and oxygen atoms in total. The van der Waals surface area contributed by atoms with Crippen molar-refractivity contribution in [2.45, 2.75) is 6.54 Å². The summed E-state index contributed by atoms with van der Waals surface area (Å²) >= 11 is 0. The Kier molecular flexibility index (Phi) is 3.22. The van der Waals surface area contributed by atoms with Crippen molar-refractivity contribution in [3.05, 3.63) is 39.4 Å². The number of carboxylic acids is 1. The predicted molar refractivity (Wildman–Crippen MR) is 53.6 cm³/mol. The van der Waals surface area contributed by atoms with Gasteiger partial charge in [0, 0.05) is 23.2 Å². The summed E-state index contributed by atoms with van der Waals surface area (Å²) in [5.74, 6) is -1.10. The third-order valence-corrected chi connectivity index (χ3v) is 1.92. The second kappa shape index (κ2) is 4.41. The molecule has 0 atom stereocenters. The number of anilines is 1. The first kappa shape index (κ1) is 11.0. The number of aromatic carboxylic acids is 1. The molecule has 6 heteroatoms. The number of nitrogens with one attached hydrogen (secondary N) is 1. The molecule has 0 aliphatic heterocycles. The zero-order chi connectivity index (χ0) is 11.4. The van der Waals surface area contributed by atoms with Gasteiger partial charge in [-0.3, -0.25) is 10.1 Å². The first-order chi connectivity index (χ1) is 7.04. The minimum Gasteiger partial charge on any atom is -0.478 e. The summed E-state index contributed by atoms with van der Waals surface area (Å²) in [6.45, 7) is -0.392. The van der Waals surface area contributed by atoms with Crippen molar-refractivity contribution in [3.8, 4) is 0 Å². The third kappa shape index (κ3) is 2.67. The van der Waals surface area contributed by atoms with E-state index >= 15 is 0 Å². The maximum absolute atomic E-state index is 10.6. The van der Waals surface area contributed by atoms with Gasteiger partial charge in [0.05, 0.1) is 5.56 Å². The molecule has 0 spiro atoms. The van der Waals surface area contributed by atoms with Crippen LogP contribution >= 0.6 is 0 Å². The van der Waals surface area contributed by atoms with E-state index in [-0.39, 0.29) is 5.56 Å². The van der Waals surface area contributed by atoms with E-state index in [2.05, 4.69) is 5.32 Å². The summed E-state index contributed by atoms with van der Waals surface area (Å²) < 4.78 is 0. The highest BCUT2D eigenvalue weighted by Crippen LogP contribution is 2.17. The molecular formula is C9H10N2O4. The Morgan fingerprint density at radius 1 is 1.60 bits per heavy atom. The number of nitro groups is 1. The molecular weight excluding hydrogens is 200 g/mol. The van der Waals surface area contributed by atoms with Crippen LogP contribution in [0.25, 0.3) is 0 Å². The Balaban J connectivity index is 3.12. The van der Waals surface area contributed by atoms with E-state index in [1.807, 2.05) is 0 Å². The molecule has 15 heavy (non-hydrogen) atoms. The Labute approximate surface area is 85.7 Å². The average molecular weight is 210 g/mol. The maximum atomic E-state index is 10.6. The van der Waals surface area contributed by atoms with Gasteiger partial charge in [0.1, 0.15) is 0 Å². The second-order valence-corrected chi connectivity index (χ2v) is 2.92. The highest BCUT2D eigenvalue weighted by atomic mass is 16.6. The number of hydrogen-bond acceptors (Lipinski definition) is 4. The maximum Gasteiger partial charge on any atom is 0.335 e. The van der Waals surface area contributed by atoms with Crippen LogP contribution < -0.4 is 5.32 Å². The lowest BCUT2D eigenvalue weighted by Crippen LogP contribution is -2.05. The van der Waals surface area contributed by atoms with Crippen LogP contribution in [-0.2, 0) is 6.54 Å². The number of benzene rings is 1. The third-order valence-electron chi connectivity index (χ3n) is 1.92. The smallest absolute Gasteiger partial charge is 0.335 e. The number of nitrogens with zero attached hydrogens (tertiary/aromatic N) is 1. The van der Waals surface area contributed by atoms with Crippen LogP contribution in [0.3, 0.4) is 0 Å². The molecule has 80 valence electrons. The van der Waals surface area contributed by atoms with Gasteiger partial charge in [-0.15, -0.1) is 0 Å². The van der Waals surface area contributed by atoms with Crippen molar-refractivity contribution in [2.24, 2.45) is 0 Å². The Morgan fingerprint density at radius 3 is 2.73 bits per heavy atom. The molecule has 1 rings (SSSR count). The second-order valence-electron chi connectivity index (χ2n) is 2.92. The van der Waals surface area contributed by atoms with Crippen molar-refractivity contribution < 1.29 is 14.8 Å². The summed E-state index contributed by atoms with van der Waals surface area (Å²) in [6.07, 6.45) is 0. The molecule has 0 amide bonds. The highest BCUT2D eigenvalue weighted by Gasteiger charge is 2.11. The zero-order valence-electron chi connectivity index (χ0n) is 8.06. The molecule has 1 aromatic rings. The van der Waals surface area contributed by atoms with Crippen LogP contribution in [0.1, 0.15) is 15.9 Å². The topological polar surface area (TPSA) is 92.5 Å². The lowest BCUT2D eigenvalue weighted by Gasteiger charge is -2.06. The quantitative estimate of drug-likeness (QED) is 0.575. The molecule has 0 unspecified atom stereocenters. The van der Waals surface area contributed by atoms with E-state index in [1.165, 1.54) is 18.2 Å². The van der Waals surface area contributed by atoms with Gasteiger partial charge in [-0.1, -0.05) is 0 Å². The molecule has 2 N–H and O–H groups in total. The van der Waals surface area contributed by atoms with E-state index in [0.29, 0.717) is 11.3 Å². The monoisotopic (exact) mass is 210 g/mol. The van der Waals surface area contributed by atoms with E-state index in [0.717, 1.165) is 0 Å². The fraction of sp³-hybridized carbons (Fsp3) is 0.222. The largest absolute Gasteiger partial charge is 0.478 e. The van der Waals surface area contributed by atoms with Crippen LogP contribution in [-0.4, -0.2) is 23.0 Å². The van der Waals surface area contributed by atoms with Crippen molar-refractivity contribution in [3.63, 3.8) is 0 Å². The van der Waals surface area contributed by atoms with Crippen LogP contribution in [0.4, 0.5) is 5.69 Å². The fourth-order valence-corrected chi connectivity index (χ4v) is 1.24. The molecule has 0 aliphatic rings. The van der Waals surface area contributed by atoms with Gasteiger partial charge in [0.2, 0.25) is 6.54 Å². The zero-order valence-corrected chi connectivity index (χ0v) is 8.06. The Bertz CT molecular complexity index is 403. The normalized spacial score (nSPS) is 9.67. The number of carbonyl (C=O) groups is 1. The van der Waals surface area contributed by atoms with Gasteiger partial charge in [0.25, 0.3) is 0 Å². The van der Waals surface area contributed by atoms with Gasteiger partial charge in [-0.2, -0.15) is 0 Å². The SMILES string of the molecule is CNc1ccc(C(=O)O)cc1C[N+](=O)[O-]. The van der Waals surface area contributed by atoms with E-state index in [9.17, 15) is 14.9 Å². The van der Waals surface area contributed by atoms with Crippen molar-refractivity contribution in [1.82, 2.24) is 0 Å². The fourth-order valence-electron chi connectivity index (χ4n) is 1.24. The standard InChI is InChI=1S/C9H10N2O4/c1-10-8-3-2-6(9(12)13)4-7(8)5-11(14)15/h2-4,10H,5H2,1H3,(H,12,13). The number of carboxylic acid groups (broad SMARTS) is 1. The van der Waals surface area contributed by atoms with E-state index in [4.69, 9.17) is 5.11 Å². The van der Waals surface area contributed by atoms with E-state index < -0.39 is 17.4 Å². The van der Waals surface area contributed by atoms with Gasteiger partial charge in [-0.25, -0.2) is 4.79 Å². The van der Waals surface area contributed by atoms with Crippen LogP contribution in [0, 0.1) is 10.1 Å². The van der Waals surface area contributed by atoms with Gasteiger partial charge in [-0.05, 0) is 18.2 Å². The summed E-state index contributed by atoms with van der Waals surface area (Å²) in [5, 5.41) is 21.8. The Morgan fingerprint density at radius 2 is 2.27 bits per heavy atom. The molecule has 0 aliphatic carbocycles. The minimum atomic E-state index is -1.10. The van der Waals surface area contributed by atoms with Crippen LogP contribution in [0.5, 0.6) is 0 Å². The summed E-state index contributed by atoms with van der Waals surface area (Å²) in [4.78, 5) is 20.5. The molecule has 1 aromatic carbocycles. The summed E-state index contributed by atoms with van der Waals surface area (Å²) in [7, 11) is 1.62. The Hall–Kier alpha value is -2.11. The van der Waals surface area contributed by atoms with Gasteiger partial charge in [0.15, 0.2) is 0 Å². The first-order valence-electron chi connectivity index (χ1n) is 4.20. The molecule has 0 aromatic heterocycles. The molecule has 0 heterocycles. The first-order valence-corrected chi connectivity index (χ1v) is 4.20. The molecule has 0 radical (unpaired) electrons. The molecule has 0 bridgehead atoms. The predicted octanol–water partition coefficient (Wildman–Crippen LogP) is 1.20. The van der Waals surface area contributed by atoms with Crippen LogP contribution in [0.2, 0.25) is 0 Å². The summed E-state index contributed by atoms with van der Waals surface area (Å²) in [6, 6.07) is 4.22. The number of hydrogen-bond donors (Lipinski definition) is 2. The number of rotatable bonds is 4. The summed E-state index contributed by atoms with van der Waals surface area (Å²) in [5.41, 5.74) is 0.977. The highest BCUT2D eigenvalue weighted by molar-refractivity contribution is 5.88. The van der Waals surface area contributed by atoms with Gasteiger partial charge >= 0.3 is 5.97 Å². The molecule has 0 saturated heterocycles. The lowest BCUT2D eigenvalue weighted by molar-refractivity contribution is -0.496. The average Bonchev–Trinajstić information content (AvgIpc) is 2.16. The van der Waals surface area contributed by atoms with Crippen molar-refractivity contribution >= 4 is 11.7 Å². The van der Waals surface area contributed by atoms with Gasteiger partial charge < -0.3 is 10.4 Å². The van der Waals surface area contributed by atoms with Crippen LogP contribution in [0.15, 0.2) is 18.2 Å². The molecule has 0 fully saturated rings. The van der Waals surface area contributed by atoms with E-state index in [1.54, 1.807) is 7.05 Å². The van der Waals surface area contributed by atoms with Crippen molar-refractivity contribution in [2.75, 3.05) is 12.4 Å². The van der Waals surface area contributed by atoms with Crippen molar-refractivity contribution in [1.29, 1.82) is 0 Å². The molecule has 0 saturated carbocycles. The lowest BCUT2D eigenvalue weighted by atomic mass is 10.1.